The van der Waals surface area contributed by atoms with Crippen LogP contribution in [0.15, 0.2) is 24.3 Å². The molecule has 0 unspecified atom stereocenters. The number of hydrogen-bond acceptors (Lipinski definition) is 1. The molecule has 2 nitrogen and oxygen atoms in total. The first-order valence-corrected chi connectivity index (χ1v) is 13.0. The molecule has 1 rings (SSSR count). The fourth-order valence-electron chi connectivity index (χ4n) is 0.321. The van der Waals surface area contributed by atoms with Crippen LogP contribution in [0.3, 0.4) is 0 Å². The van der Waals surface area contributed by atoms with Gasteiger partial charge in [0.1, 0.15) is 0 Å². The van der Waals surface area contributed by atoms with Crippen LogP contribution in [0.4, 0.5) is 0 Å². The van der Waals surface area contributed by atoms with Crippen molar-refractivity contribution in [3.63, 3.8) is 0 Å². The molecule has 0 amide bonds. The second-order valence-corrected chi connectivity index (χ2v) is 16.3. The molecule has 0 N–H and O–H groups in total. The molecule has 0 heterocycles. The van der Waals surface area contributed by atoms with E-state index in [1.165, 1.54) is 0 Å². The van der Waals surface area contributed by atoms with Crippen molar-refractivity contribution < 1.29 is 21.1 Å². The Morgan fingerprint density at radius 1 is 0.722 bits per heavy atom. The molecule has 104 valence electrons. The maximum atomic E-state index is 7.25. The summed E-state index contributed by atoms with van der Waals surface area (Å²) in [6.07, 6.45) is 10.0. The predicted octanol–water partition coefficient (Wildman–Crippen LogP) is 5.03. The van der Waals surface area contributed by atoms with Gasteiger partial charge in [0.15, 0.2) is 0 Å². The van der Waals surface area contributed by atoms with Gasteiger partial charge in [-0.25, -0.2) is 0 Å². The monoisotopic (exact) mass is 367 g/mol. The molecule has 5 heteroatoms. The smallest absolute Gasteiger partial charge is 0.577 e. The average Bonchev–Trinajstić information content (AvgIpc) is 2.56. The molecule has 0 atom stereocenters. The van der Waals surface area contributed by atoms with Gasteiger partial charge in [0.2, 0.25) is 0 Å². The van der Waals surface area contributed by atoms with Crippen LogP contribution in [-0.4, -0.2) is 16.1 Å². The van der Waals surface area contributed by atoms with Gasteiger partial charge in [-0.15, -0.1) is 16.1 Å². The topological polar surface area (TPSA) is 39.4 Å². The van der Waals surface area contributed by atoms with Gasteiger partial charge >= 0.3 is 21.1 Å². The third-order valence-corrected chi connectivity index (χ3v) is 0.556. The molecular formula is C13H27MoNOSi2. The van der Waals surface area contributed by atoms with E-state index in [9.17, 15) is 0 Å². The molecule has 0 aromatic heterocycles. The van der Waals surface area contributed by atoms with E-state index in [2.05, 4.69) is 52.4 Å². The van der Waals surface area contributed by atoms with E-state index < -0.39 is 16.1 Å². The largest absolute Gasteiger partial charge is 3.00 e. The van der Waals surface area contributed by atoms with E-state index in [1.807, 2.05) is 30.7 Å². The summed E-state index contributed by atoms with van der Waals surface area (Å²) >= 11 is 0. The quantitative estimate of drug-likeness (QED) is 0.438. The van der Waals surface area contributed by atoms with Crippen molar-refractivity contribution in [1.82, 2.24) is 0 Å². The van der Waals surface area contributed by atoms with Crippen molar-refractivity contribution in [2.75, 3.05) is 0 Å². The molecular weight excluding hydrogens is 338 g/mol. The number of rotatable bonds is 0. The molecule has 0 bridgehead atoms. The van der Waals surface area contributed by atoms with Gasteiger partial charge in [0.25, 0.3) is 0 Å². The molecule has 18 heavy (non-hydrogen) atoms. The predicted molar refractivity (Wildman–Crippen MR) is 86.7 cm³/mol. The third-order valence-electron chi connectivity index (χ3n) is 0.556. The standard InChI is InChI=1S/C5H5.2C4H11Si.Mo.NO/c1-2-4-5-3-1;2*1-5(2,3)4;;1-2/h1-5H;2*1H2,2-4H3;;/q;2*-1;+3;-1. The molecule has 0 aromatic rings. The van der Waals surface area contributed by atoms with Crippen LogP contribution in [0.25, 0.3) is 5.59 Å². The SMILES string of the molecule is [CH2-][Si](C)(C)C.[CH2-][Si](C)(C)C.[CH]1C=CC=C1.[Mo+3].[N-]=O. The first-order chi connectivity index (χ1) is 7.50. The van der Waals surface area contributed by atoms with Crippen LogP contribution >= 0.6 is 0 Å². The summed E-state index contributed by atoms with van der Waals surface area (Å²) in [5.41, 5.74) is 5.75. The number of nitroso groups, excluding NO2 is 1. The molecule has 0 aromatic carbocycles. The van der Waals surface area contributed by atoms with E-state index in [-0.39, 0.29) is 21.1 Å². The molecule has 0 saturated carbocycles. The van der Waals surface area contributed by atoms with Gasteiger partial charge < -0.3 is 23.6 Å². The Morgan fingerprint density at radius 2 is 0.889 bits per heavy atom. The van der Waals surface area contributed by atoms with Crippen LogP contribution in [0, 0.1) is 24.4 Å². The fourth-order valence-corrected chi connectivity index (χ4v) is 0.321. The van der Waals surface area contributed by atoms with E-state index in [0.717, 1.165) is 0 Å². The Kier molecular flexibility index (Phi) is 22.6. The molecule has 0 spiro atoms. The Morgan fingerprint density at radius 3 is 0.944 bits per heavy atom. The fraction of sp³-hybridized carbons (Fsp3) is 0.462. The Bertz CT molecular complexity index is 184. The second kappa shape index (κ2) is 15.3. The van der Waals surface area contributed by atoms with E-state index in [0.29, 0.717) is 0 Å². The van der Waals surface area contributed by atoms with Crippen molar-refractivity contribution in [2.45, 2.75) is 39.3 Å². The summed E-state index contributed by atoms with van der Waals surface area (Å²) in [6, 6.07) is 0. The van der Waals surface area contributed by atoms with Gasteiger partial charge in [-0.05, 0) is 0 Å². The second-order valence-electron chi connectivity index (χ2n) is 6.08. The van der Waals surface area contributed by atoms with Gasteiger partial charge in [-0.1, -0.05) is 63.6 Å². The summed E-state index contributed by atoms with van der Waals surface area (Å²) in [7, 11) is -1.72. The van der Waals surface area contributed by atoms with Crippen molar-refractivity contribution in [2.24, 2.45) is 0 Å². The molecule has 0 saturated heterocycles. The summed E-state index contributed by atoms with van der Waals surface area (Å²) in [4.78, 5) is 7.25. The number of allylic oxidation sites excluding steroid dienone is 4. The van der Waals surface area contributed by atoms with Gasteiger partial charge in [0.05, 0.1) is 0 Å². The number of nitrogens with zero attached hydrogens (tertiary/aromatic N) is 1. The average molecular weight is 365 g/mol. The summed E-state index contributed by atoms with van der Waals surface area (Å²) in [5, 5.41) is 0. The summed E-state index contributed by atoms with van der Waals surface area (Å²) < 4.78 is 0. The Balaban J connectivity index is -0.0000000744. The van der Waals surface area contributed by atoms with E-state index in [4.69, 9.17) is 10.5 Å². The zero-order valence-electron chi connectivity index (χ0n) is 12.6. The van der Waals surface area contributed by atoms with E-state index >= 15 is 0 Å². The Labute approximate surface area is 130 Å². The molecule has 1 aliphatic carbocycles. The zero-order valence-corrected chi connectivity index (χ0v) is 16.6. The zero-order chi connectivity index (χ0) is 14.5. The van der Waals surface area contributed by atoms with Crippen molar-refractivity contribution >= 4 is 16.1 Å². The normalized spacial score (nSPS) is 11.8. The number of hydrogen-bond donors (Lipinski definition) is 0. The first-order valence-electron chi connectivity index (χ1n) is 5.56. The maximum Gasteiger partial charge on any atom is 3.00 e. The van der Waals surface area contributed by atoms with Crippen LogP contribution in [-0.2, 0) is 21.1 Å². The molecule has 0 fully saturated rings. The molecule has 1 aliphatic rings. The van der Waals surface area contributed by atoms with Gasteiger partial charge in [-0.3, -0.25) is 0 Å². The van der Waals surface area contributed by atoms with E-state index in [1.54, 1.807) is 0 Å². The van der Waals surface area contributed by atoms with Crippen molar-refractivity contribution in [3.05, 3.63) is 54.3 Å². The van der Waals surface area contributed by atoms with Crippen LogP contribution in [0.5, 0.6) is 0 Å². The van der Waals surface area contributed by atoms with Crippen molar-refractivity contribution in [3.8, 4) is 0 Å². The Hall–Kier alpha value is 0.202. The minimum atomic E-state index is -0.861. The first kappa shape index (κ1) is 26.7. The molecule has 2 radical (unpaired) electrons. The van der Waals surface area contributed by atoms with Crippen LogP contribution in [0.2, 0.25) is 39.3 Å². The summed E-state index contributed by atoms with van der Waals surface area (Å²) in [6.45, 7) is 21.1. The minimum Gasteiger partial charge on any atom is -0.577 e. The summed E-state index contributed by atoms with van der Waals surface area (Å²) in [5.74, 6) is 0. The molecule has 0 aliphatic heterocycles. The van der Waals surface area contributed by atoms with Crippen LogP contribution in [0.1, 0.15) is 0 Å². The van der Waals surface area contributed by atoms with Gasteiger partial charge in [-0.2, -0.15) is 0 Å². The van der Waals surface area contributed by atoms with Crippen molar-refractivity contribution in [1.29, 1.82) is 0 Å². The third kappa shape index (κ3) is 138. The minimum absolute atomic E-state index is 0. The van der Waals surface area contributed by atoms with Crippen LogP contribution < -0.4 is 0 Å². The van der Waals surface area contributed by atoms with Gasteiger partial charge in [0, 0.05) is 6.42 Å². The maximum absolute atomic E-state index is 7.25.